The highest BCUT2D eigenvalue weighted by atomic mass is 32.2. The van der Waals surface area contributed by atoms with E-state index in [-0.39, 0.29) is 49.3 Å². The smallest absolute Gasteiger partial charge is 0.306 e. The predicted octanol–water partition coefficient (Wildman–Crippen LogP) is 4.64. The number of aliphatic hydroxyl groups is 1. The van der Waals surface area contributed by atoms with Gasteiger partial charge in [0.05, 0.1) is 51.0 Å². The lowest BCUT2D eigenvalue weighted by Crippen LogP contribution is -2.43. The first-order chi connectivity index (χ1) is 22.3. The molecule has 0 spiro atoms. The Morgan fingerprint density at radius 3 is 2.65 bits per heavy atom. The van der Waals surface area contributed by atoms with Crippen LogP contribution in [0.5, 0.6) is 5.75 Å². The lowest BCUT2D eigenvalue weighted by atomic mass is 9.90. The molecule has 46 heavy (non-hydrogen) atoms. The van der Waals surface area contributed by atoms with Crippen LogP contribution in [0.3, 0.4) is 0 Å². The second-order valence-electron chi connectivity index (χ2n) is 12.3. The molecule has 0 bridgehead atoms. The fourth-order valence-corrected chi connectivity index (χ4v) is 8.16. The number of methoxy groups -OCH3 is 1. The number of rotatable bonds is 9. The average molecular weight is 658 g/mol. The molecule has 3 aliphatic heterocycles. The maximum Gasteiger partial charge on any atom is 0.306 e. The zero-order valence-corrected chi connectivity index (χ0v) is 27.4. The van der Waals surface area contributed by atoms with Crippen LogP contribution in [0.4, 0.5) is 0 Å². The van der Waals surface area contributed by atoms with Crippen LogP contribution in [0.1, 0.15) is 56.1 Å². The molecule has 2 aromatic rings. The first kappa shape index (κ1) is 34.5. The van der Waals surface area contributed by atoms with Gasteiger partial charge in [-0.15, -0.1) is 0 Å². The number of allylic oxidation sites excluding steroid dienone is 1. The number of carbonyl (C=O) groups excluding carboxylic acids is 1. The van der Waals surface area contributed by atoms with Gasteiger partial charge in [-0.1, -0.05) is 48.9 Å². The Kier molecular flexibility index (Phi) is 12.6. The van der Waals surface area contributed by atoms with Crippen molar-refractivity contribution >= 4 is 16.0 Å². The Morgan fingerprint density at radius 2 is 1.85 bits per heavy atom. The standard InChI is InChI=1S/C35H47NO9S/c1-41-29-13-14-33-28(22-29)25-42-18-10-5-3-2-4-9-17-36(46(33,39)40)24-31(37)27(21-26-11-7-6-8-12-26)23-34(38)45-32-16-20-44-35-30(32)15-19-43-35/h5-8,10-14,22,27,30-32,35,37H,2-4,9,15-21,23-25H2,1H3/b10-5-/t27-,30+,31-,32+,35-/m1/s1. The summed E-state index contributed by atoms with van der Waals surface area (Å²) < 4.78 is 58.4. The molecule has 0 saturated carbocycles. The number of esters is 1. The lowest BCUT2D eigenvalue weighted by Gasteiger charge is -2.33. The van der Waals surface area contributed by atoms with E-state index in [2.05, 4.69) is 6.08 Å². The van der Waals surface area contributed by atoms with Crippen LogP contribution in [0.15, 0.2) is 65.6 Å². The van der Waals surface area contributed by atoms with Crippen LogP contribution in [-0.2, 0) is 46.8 Å². The second kappa shape index (κ2) is 16.9. The Hall–Kier alpha value is -2.80. The van der Waals surface area contributed by atoms with Crippen molar-refractivity contribution in [3.8, 4) is 5.75 Å². The number of ether oxygens (including phenoxy) is 5. The Bertz CT molecular complexity index is 1400. The van der Waals surface area contributed by atoms with Crippen LogP contribution in [0.2, 0.25) is 0 Å². The fourth-order valence-electron chi connectivity index (χ4n) is 6.47. The first-order valence-corrected chi connectivity index (χ1v) is 17.8. The first-order valence-electron chi connectivity index (χ1n) is 16.4. The van der Waals surface area contributed by atoms with E-state index in [1.807, 2.05) is 36.4 Å². The molecular formula is C35H47NO9S. The van der Waals surface area contributed by atoms with Gasteiger partial charge in [0.15, 0.2) is 6.29 Å². The van der Waals surface area contributed by atoms with Gasteiger partial charge in [-0.2, -0.15) is 4.31 Å². The van der Waals surface area contributed by atoms with Gasteiger partial charge in [-0.3, -0.25) is 4.79 Å². The highest BCUT2D eigenvalue weighted by molar-refractivity contribution is 7.89. The summed E-state index contributed by atoms with van der Waals surface area (Å²) in [5.74, 6) is -0.460. The van der Waals surface area contributed by atoms with Crippen LogP contribution < -0.4 is 4.74 Å². The summed E-state index contributed by atoms with van der Waals surface area (Å²) in [5.41, 5.74) is 1.43. The van der Waals surface area contributed by atoms with Gasteiger partial charge < -0.3 is 28.8 Å². The van der Waals surface area contributed by atoms with E-state index in [1.165, 1.54) is 11.4 Å². The predicted molar refractivity (Wildman–Crippen MR) is 172 cm³/mol. The van der Waals surface area contributed by atoms with Crippen molar-refractivity contribution in [2.75, 3.05) is 40.0 Å². The zero-order valence-electron chi connectivity index (χ0n) is 26.6. The number of hydrogen-bond donors (Lipinski definition) is 1. The quantitative estimate of drug-likeness (QED) is 0.304. The Balaban J connectivity index is 1.37. The molecule has 252 valence electrons. The minimum absolute atomic E-state index is 0.00525. The highest BCUT2D eigenvalue weighted by Crippen LogP contribution is 2.33. The van der Waals surface area contributed by atoms with E-state index >= 15 is 0 Å². The maximum absolute atomic E-state index is 14.3. The maximum atomic E-state index is 14.3. The van der Waals surface area contributed by atoms with Crippen LogP contribution in [-0.4, -0.2) is 82.3 Å². The van der Waals surface area contributed by atoms with Gasteiger partial charge in [0.2, 0.25) is 10.0 Å². The normalized spacial score (nSPS) is 26.1. The van der Waals surface area contributed by atoms with E-state index < -0.39 is 28.0 Å². The molecule has 5 rings (SSSR count). The molecule has 5 atom stereocenters. The number of hydrogen-bond acceptors (Lipinski definition) is 9. The number of β-amino-alcohol motifs (C(OH)–C–C–N with tert-alkyl or cyclic N) is 1. The number of sulfonamides is 1. The number of carbonyl (C=O) groups is 1. The van der Waals surface area contributed by atoms with Gasteiger partial charge in [0.1, 0.15) is 11.9 Å². The molecule has 3 aliphatic rings. The molecule has 10 nitrogen and oxygen atoms in total. The Morgan fingerprint density at radius 1 is 1.04 bits per heavy atom. The van der Waals surface area contributed by atoms with E-state index in [0.717, 1.165) is 31.2 Å². The molecule has 2 aromatic carbocycles. The van der Waals surface area contributed by atoms with E-state index in [4.69, 9.17) is 23.7 Å². The molecule has 2 saturated heterocycles. The SMILES string of the molecule is COc1ccc2c(c1)COC/C=C\CCCCCN(C[C@@H](O)[C@@H](CC(=O)O[C@H]1CCO[C@H]3OCC[C@H]31)Cc1ccccc1)S2(=O)=O. The van der Waals surface area contributed by atoms with Crippen LogP contribution in [0, 0.1) is 11.8 Å². The molecule has 2 fully saturated rings. The van der Waals surface area contributed by atoms with Crippen molar-refractivity contribution in [2.24, 2.45) is 11.8 Å². The summed E-state index contributed by atoms with van der Waals surface area (Å²) in [6.07, 6.45) is 7.24. The third-order valence-corrected chi connectivity index (χ3v) is 11.0. The highest BCUT2D eigenvalue weighted by Gasteiger charge is 2.41. The molecule has 3 heterocycles. The number of fused-ring (bicyclic) bond motifs is 2. The van der Waals surface area contributed by atoms with Crippen LogP contribution in [0.25, 0.3) is 0 Å². The van der Waals surface area contributed by atoms with Crippen molar-refractivity contribution in [1.82, 2.24) is 4.31 Å². The second-order valence-corrected chi connectivity index (χ2v) is 14.2. The van der Waals surface area contributed by atoms with Gasteiger partial charge in [0.25, 0.3) is 0 Å². The molecule has 0 aliphatic carbocycles. The fraction of sp³-hybridized carbons (Fsp3) is 0.571. The summed E-state index contributed by atoms with van der Waals surface area (Å²) in [5, 5.41) is 11.8. The van der Waals surface area contributed by atoms with Gasteiger partial charge in [-0.25, -0.2) is 8.42 Å². The summed E-state index contributed by atoms with van der Waals surface area (Å²) in [6, 6.07) is 14.5. The summed E-state index contributed by atoms with van der Waals surface area (Å²) >= 11 is 0. The monoisotopic (exact) mass is 657 g/mol. The van der Waals surface area contributed by atoms with Gasteiger partial charge >= 0.3 is 5.97 Å². The topological polar surface area (TPSA) is 121 Å². The molecular weight excluding hydrogens is 610 g/mol. The number of nitrogens with zero attached hydrogens (tertiary/aromatic N) is 1. The van der Waals surface area contributed by atoms with E-state index in [1.54, 1.807) is 18.2 Å². The van der Waals surface area contributed by atoms with Gasteiger partial charge in [0, 0.05) is 36.9 Å². The largest absolute Gasteiger partial charge is 0.497 e. The summed E-state index contributed by atoms with van der Waals surface area (Å²) in [6.45, 7) is 1.57. The van der Waals surface area contributed by atoms with Crippen molar-refractivity contribution in [3.63, 3.8) is 0 Å². The van der Waals surface area contributed by atoms with Crippen molar-refractivity contribution in [1.29, 1.82) is 0 Å². The van der Waals surface area contributed by atoms with Crippen molar-refractivity contribution in [3.05, 3.63) is 71.8 Å². The molecule has 0 unspecified atom stereocenters. The average Bonchev–Trinajstić information content (AvgIpc) is 3.55. The third-order valence-electron chi connectivity index (χ3n) is 9.03. The minimum Gasteiger partial charge on any atom is -0.497 e. The lowest BCUT2D eigenvalue weighted by molar-refractivity contribution is -0.195. The summed E-state index contributed by atoms with van der Waals surface area (Å²) in [4.78, 5) is 13.5. The molecule has 0 aromatic heterocycles. The number of benzene rings is 2. The minimum atomic E-state index is -4.04. The van der Waals surface area contributed by atoms with Crippen LogP contribution >= 0.6 is 0 Å². The molecule has 11 heteroatoms. The molecule has 0 amide bonds. The third kappa shape index (κ3) is 9.17. The molecule has 0 radical (unpaired) electrons. The molecule has 1 N–H and O–H groups in total. The van der Waals surface area contributed by atoms with Gasteiger partial charge in [-0.05, 0) is 55.9 Å². The number of aliphatic hydroxyl groups excluding tert-OH is 1. The summed E-state index contributed by atoms with van der Waals surface area (Å²) in [7, 11) is -2.51. The van der Waals surface area contributed by atoms with Crippen molar-refractivity contribution < 1.29 is 42.0 Å². The van der Waals surface area contributed by atoms with Crippen molar-refractivity contribution in [2.45, 2.75) is 81.4 Å². The van der Waals surface area contributed by atoms with E-state index in [9.17, 15) is 18.3 Å². The zero-order chi connectivity index (χ0) is 32.4. The Labute approximate surface area is 272 Å². The van der Waals surface area contributed by atoms with E-state index in [0.29, 0.717) is 50.4 Å².